The average Bonchev–Trinajstić information content (AvgIpc) is 2.41. The van der Waals surface area contributed by atoms with Crippen LogP contribution in [0, 0.1) is 5.92 Å². The molecule has 4 nitrogen and oxygen atoms in total. The van der Waals surface area contributed by atoms with Crippen LogP contribution < -0.4 is 11.1 Å². The highest BCUT2D eigenvalue weighted by Crippen LogP contribution is 2.28. The van der Waals surface area contributed by atoms with Crippen molar-refractivity contribution in [1.82, 2.24) is 0 Å². The summed E-state index contributed by atoms with van der Waals surface area (Å²) in [6.07, 6.45) is 6.47. The first kappa shape index (κ1) is 13.7. The smallest absolute Gasteiger partial charge is 0.337 e. The maximum Gasteiger partial charge on any atom is 0.337 e. The van der Waals surface area contributed by atoms with E-state index in [1.54, 1.807) is 12.1 Å². The van der Waals surface area contributed by atoms with Crippen molar-refractivity contribution in [3.63, 3.8) is 0 Å². The number of rotatable bonds is 4. The Bertz CT molecular complexity index is 453. The summed E-state index contributed by atoms with van der Waals surface area (Å²) < 4.78 is 0. The normalized spacial score (nSPS) is 17.9. The first-order chi connectivity index (χ1) is 9.08. The Morgan fingerprint density at radius 2 is 2.05 bits per heavy atom. The zero-order valence-corrected chi connectivity index (χ0v) is 11.4. The first-order valence-corrected chi connectivity index (χ1v) is 6.97. The number of carboxylic acid groups (broad SMARTS) is 1. The van der Waals surface area contributed by atoms with Crippen molar-refractivity contribution < 1.29 is 9.90 Å². The molecule has 0 saturated heterocycles. The van der Waals surface area contributed by atoms with Gasteiger partial charge in [0.05, 0.1) is 5.56 Å². The van der Waals surface area contributed by atoms with Crippen LogP contribution in [-0.4, -0.2) is 17.1 Å². The van der Waals surface area contributed by atoms with Crippen LogP contribution in [0.2, 0.25) is 0 Å². The monoisotopic (exact) mass is 262 g/mol. The Hall–Kier alpha value is -1.71. The van der Waals surface area contributed by atoms with Crippen molar-refractivity contribution >= 4 is 17.3 Å². The molecule has 1 aliphatic rings. The summed E-state index contributed by atoms with van der Waals surface area (Å²) in [4.78, 5) is 11.1. The predicted octanol–water partition coefficient (Wildman–Crippen LogP) is 3.35. The second-order valence-electron chi connectivity index (χ2n) is 5.44. The van der Waals surface area contributed by atoms with Crippen LogP contribution in [0.3, 0.4) is 0 Å². The Kier molecular flexibility index (Phi) is 4.30. The van der Waals surface area contributed by atoms with Gasteiger partial charge in [-0.1, -0.05) is 19.3 Å². The first-order valence-electron chi connectivity index (χ1n) is 6.97. The lowest BCUT2D eigenvalue weighted by molar-refractivity contribution is 0.0698. The van der Waals surface area contributed by atoms with Crippen LogP contribution in [0.15, 0.2) is 18.2 Å². The van der Waals surface area contributed by atoms with Crippen LogP contribution >= 0.6 is 0 Å². The quantitative estimate of drug-likeness (QED) is 0.727. The molecule has 0 amide bonds. The molecule has 1 aromatic carbocycles. The molecule has 1 saturated carbocycles. The SMILES string of the molecule is CC(Nc1ccc(N)c(C(=O)O)c1)C1CCCCC1. The zero-order valence-electron chi connectivity index (χ0n) is 11.4. The van der Waals surface area contributed by atoms with Crippen LogP contribution in [0.1, 0.15) is 49.4 Å². The van der Waals surface area contributed by atoms with Crippen molar-refractivity contribution in [2.75, 3.05) is 11.1 Å². The number of hydrogen-bond donors (Lipinski definition) is 3. The molecule has 0 radical (unpaired) electrons. The van der Waals surface area contributed by atoms with E-state index in [2.05, 4.69) is 12.2 Å². The second kappa shape index (κ2) is 5.95. The number of carboxylic acids is 1. The van der Waals surface area contributed by atoms with Crippen LogP contribution in [0.4, 0.5) is 11.4 Å². The van der Waals surface area contributed by atoms with Gasteiger partial charge in [-0.15, -0.1) is 0 Å². The van der Waals surface area contributed by atoms with Gasteiger partial charge in [0.15, 0.2) is 0 Å². The van der Waals surface area contributed by atoms with Crippen molar-refractivity contribution in [3.8, 4) is 0 Å². The van der Waals surface area contributed by atoms with E-state index in [0.717, 1.165) is 5.69 Å². The summed E-state index contributed by atoms with van der Waals surface area (Å²) in [5.74, 6) is -0.300. The molecule has 1 aliphatic carbocycles. The number of aromatic carboxylic acids is 1. The minimum absolute atomic E-state index is 0.167. The third-order valence-corrected chi connectivity index (χ3v) is 4.03. The van der Waals surface area contributed by atoms with E-state index in [1.807, 2.05) is 6.07 Å². The number of nitrogens with two attached hydrogens (primary N) is 1. The zero-order chi connectivity index (χ0) is 13.8. The minimum Gasteiger partial charge on any atom is -0.478 e. The van der Waals surface area contributed by atoms with E-state index in [1.165, 1.54) is 32.1 Å². The highest BCUT2D eigenvalue weighted by atomic mass is 16.4. The Balaban J connectivity index is 2.05. The van der Waals surface area contributed by atoms with E-state index in [9.17, 15) is 4.79 Å². The maximum atomic E-state index is 11.1. The molecular weight excluding hydrogens is 240 g/mol. The molecule has 1 aromatic rings. The van der Waals surface area contributed by atoms with Gasteiger partial charge < -0.3 is 16.2 Å². The average molecular weight is 262 g/mol. The molecule has 1 atom stereocenters. The summed E-state index contributed by atoms with van der Waals surface area (Å²) in [6, 6.07) is 5.49. The fourth-order valence-electron chi connectivity index (χ4n) is 2.85. The molecule has 0 aromatic heterocycles. The molecule has 0 spiro atoms. The fraction of sp³-hybridized carbons (Fsp3) is 0.533. The molecule has 0 heterocycles. The third kappa shape index (κ3) is 3.40. The van der Waals surface area contributed by atoms with E-state index in [4.69, 9.17) is 10.8 Å². The van der Waals surface area contributed by atoms with Crippen molar-refractivity contribution in [3.05, 3.63) is 23.8 Å². The third-order valence-electron chi connectivity index (χ3n) is 4.03. The molecule has 0 bridgehead atoms. The minimum atomic E-state index is -0.980. The maximum absolute atomic E-state index is 11.1. The molecule has 1 fully saturated rings. The molecule has 1 unspecified atom stereocenters. The summed E-state index contributed by atoms with van der Waals surface area (Å²) in [5.41, 5.74) is 6.97. The molecule has 0 aliphatic heterocycles. The van der Waals surface area contributed by atoms with Gasteiger partial charge in [0.2, 0.25) is 0 Å². The van der Waals surface area contributed by atoms with Gasteiger partial charge in [0, 0.05) is 17.4 Å². The van der Waals surface area contributed by atoms with Crippen LogP contribution in [-0.2, 0) is 0 Å². The lowest BCUT2D eigenvalue weighted by atomic mass is 9.84. The highest BCUT2D eigenvalue weighted by molar-refractivity contribution is 5.94. The molecule has 19 heavy (non-hydrogen) atoms. The van der Waals surface area contributed by atoms with E-state index in [0.29, 0.717) is 17.6 Å². The van der Waals surface area contributed by atoms with E-state index in [-0.39, 0.29) is 5.56 Å². The summed E-state index contributed by atoms with van der Waals surface area (Å²) in [6.45, 7) is 2.17. The Labute approximate surface area is 114 Å². The molecular formula is C15H22N2O2. The lowest BCUT2D eigenvalue weighted by Gasteiger charge is -2.29. The molecule has 4 heteroatoms. The summed E-state index contributed by atoms with van der Waals surface area (Å²) >= 11 is 0. The number of benzene rings is 1. The van der Waals surface area contributed by atoms with Gasteiger partial charge in [-0.3, -0.25) is 0 Å². The number of carbonyl (C=O) groups is 1. The van der Waals surface area contributed by atoms with Gasteiger partial charge in [-0.05, 0) is 43.9 Å². The van der Waals surface area contributed by atoms with Gasteiger partial charge >= 0.3 is 5.97 Å². The highest BCUT2D eigenvalue weighted by Gasteiger charge is 2.20. The Morgan fingerprint density at radius 3 is 2.68 bits per heavy atom. The van der Waals surface area contributed by atoms with E-state index >= 15 is 0 Å². The predicted molar refractivity (Wildman–Crippen MR) is 77.5 cm³/mol. The van der Waals surface area contributed by atoms with Crippen LogP contribution in [0.5, 0.6) is 0 Å². The molecule has 104 valence electrons. The summed E-state index contributed by atoms with van der Waals surface area (Å²) in [7, 11) is 0. The van der Waals surface area contributed by atoms with Crippen LogP contribution in [0.25, 0.3) is 0 Å². The number of nitrogen functional groups attached to an aromatic ring is 1. The van der Waals surface area contributed by atoms with Gasteiger partial charge in [-0.25, -0.2) is 4.79 Å². The van der Waals surface area contributed by atoms with E-state index < -0.39 is 5.97 Å². The summed E-state index contributed by atoms with van der Waals surface area (Å²) in [5, 5.41) is 12.5. The second-order valence-corrected chi connectivity index (χ2v) is 5.44. The largest absolute Gasteiger partial charge is 0.478 e. The number of nitrogens with one attached hydrogen (secondary N) is 1. The van der Waals surface area contributed by atoms with Crippen molar-refractivity contribution in [2.45, 2.75) is 45.1 Å². The topological polar surface area (TPSA) is 75.3 Å². The molecule has 2 rings (SSSR count). The lowest BCUT2D eigenvalue weighted by Crippen LogP contribution is -2.27. The molecule has 4 N–H and O–H groups in total. The van der Waals surface area contributed by atoms with Gasteiger partial charge in [0.25, 0.3) is 0 Å². The van der Waals surface area contributed by atoms with Crippen molar-refractivity contribution in [2.24, 2.45) is 5.92 Å². The van der Waals surface area contributed by atoms with Crippen molar-refractivity contribution in [1.29, 1.82) is 0 Å². The van der Waals surface area contributed by atoms with Gasteiger partial charge in [0.1, 0.15) is 0 Å². The number of anilines is 2. The number of hydrogen-bond acceptors (Lipinski definition) is 3. The van der Waals surface area contributed by atoms with Gasteiger partial charge in [-0.2, -0.15) is 0 Å². The Morgan fingerprint density at radius 1 is 1.37 bits per heavy atom. The standard InChI is InChI=1S/C15H22N2O2/c1-10(11-5-3-2-4-6-11)17-12-7-8-14(16)13(9-12)15(18)19/h7-11,17H,2-6,16H2,1H3,(H,18,19). The fourth-order valence-corrected chi connectivity index (χ4v) is 2.85.